The van der Waals surface area contributed by atoms with Gasteiger partial charge in [0.25, 0.3) is 0 Å². The lowest BCUT2D eigenvalue weighted by atomic mass is 10.0. The van der Waals surface area contributed by atoms with Gasteiger partial charge in [-0.15, -0.1) is 0 Å². The Kier molecular flexibility index (Phi) is 3.21. The van der Waals surface area contributed by atoms with E-state index >= 15 is 0 Å². The van der Waals surface area contributed by atoms with Gasteiger partial charge in [0.05, 0.1) is 18.5 Å². The third kappa shape index (κ3) is 1.94. The molecule has 4 nitrogen and oxygen atoms in total. The molecule has 0 aliphatic heterocycles. The van der Waals surface area contributed by atoms with Crippen LogP contribution in [0.4, 0.5) is 4.39 Å². The van der Waals surface area contributed by atoms with Crippen molar-refractivity contribution in [2.75, 3.05) is 19.5 Å². The molecule has 0 saturated heterocycles. The molecule has 100 valence electrons. The van der Waals surface area contributed by atoms with Crippen LogP contribution in [0, 0.1) is 11.2 Å². The van der Waals surface area contributed by atoms with Gasteiger partial charge in [-0.2, -0.15) is 0 Å². The molecule has 18 heavy (non-hydrogen) atoms. The van der Waals surface area contributed by atoms with E-state index in [-0.39, 0.29) is 0 Å². The minimum atomic E-state index is -3.41. The molecule has 2 N–H and O–H groups in total. The minimum absolute atomic E-state index is 0.442. The fourth-order valence-corrected chi connectivity index (χ4v) is 4.75. The second kappa shape index (κ2) is 4.29. The molecule has 1 aromatic rings. The predicted octanol–water partition coefficient (Wildman–Crippen LogP) is 0.307. The summed E-state index contributed by atoms with van der Waals surface area (Å²) in [4.78, 5) is 0. The average molecular weight is 274 g/mol. The Morgan fingerprint density at radius 2 is 1.94 bits per heavy atom. The maximum absolute atomic E-state index is 13.2. The van der Waals surface area contributed by atoms with Gasteiger partial charge in [-0.05, 0) is 17.7 Å². The zero-order chi connectivity index (χ0) is 13.6. The summed E-state index contributed by atoms with van der Waals surface area (Å²) in [7, 11) is -3.41. The number of aliphatic hydroxyl groups excluding tert-OH is 2. The summed E-state index contributed by atoms with van der Waals surface area (Å²) in [6, 6.07) is 5.61. The molecule has 0 amide bonds. The maximum atomic E-state index is 13.2. The van der Waals surface area contributed by atoms with Crippen LogP contribution in [-0.2, 0) is 9.84 Å². The molecule has 1 aliphatic rings. The number of benzene rings is 1. The Bertz CT molecular complexity index is 551. The molecular formula is C12H15FO4S. The lowest BCUT2D eigenvalue weighted by Crippen LogP contribution is -2.22. The molecule has 0 spiro atoms. The van der Waals surface area contributed by atoms with Crippen LogP contribution in [0.5, 0.6) is 0 Å². The van der Waals surface area contributed by atoms with Gasteiger partial charge in [-0.25, -0.2) is 12.8 Å². The molecule has 0 heterocycles. The number of hydrogen-bond donors (Lipinski definition) is 2. The van der Waals surface area contributed by atoms with E-state index in [9.17, 15) is 23.0 Å². The van der Waals surface area contributed by atoms with E-state index in [1.165, 1.54) is 18.2 Å². The third-order valence-electron chi connectivity index (χ3n) is 3.64. The molecule has 1 fully saturated rings. The van der Waals surface area contributed by atoms with Crippen LogP contribution >= 0.6 is 0 Å². The maximum Gasteiger partial charge on any atom is 0.151 e. The van der Waals surface area contributed by atoms with Crippen molar-refractivity contribution < 1.29 is 23.0 Å². The van der Waals surface area contributed by atoms with Crippen molar-refractivity contribution in [3.63, 3.8) is 0 Å². The van der Waals surface area contributed by atoms with Crippen molar-refractivity contribution in [2.45, 2.75) is 11.2 Å². The first-order valence-electron chi connectivity index (χ1n) is 5.53. The standard InChI is InChI=1S/C12H15FO4S/c1-18(16,17)11-10(12(11,6-14)7-15)8-3-2-4-9(13)5-8/h2-5,10-11,14-15H,6-7H2,1H3/t10-,11+/m0/s1. The number of rotatable bonds is 4. The summed E-state index contributed by atoms with van der Waals surface area (Å²) in [5.41, 5.74) is -0.602. The summed E-state index contributed by atoms with van der Waals surface area (Å²) in [5.74, 6) is -1.02. The van der Waals surface area contributed by atoms with Crippen molar-refractivity contribution in [3.8, 4) is 0 Å². The smallest absolute Gasteiger partial charge is 0.151 e. The van der Waals surface area contributed by atoms with Gasteiger partial charge in [0.15, 0.2) is 9.84 Å². The van der Waals surface area contributed by atoms with E-state index < -0.39 is 45.5 Å². The molecule has 1 saturated carbocycles. The minimum Gasteiger partial charge on any atom is -0.396 e. The number of sulfone groups is 1. The fraction of sp³-hybridized carbons (Fsp3) is 0.500. The molecule has 0 radical (unpaired) electrons. The Morgan fingerprint density at radius 1 is 1.33 bits per heavy atom. The first-order valence-corrected chi connectivity index (χ1v) is 7.48. The lowest BCUT2D eigenvalue weighted by Gasteiger charge is -2.10. The summed E-state index contributed by atoms with van der Waals surface area (Å²) in [6.07, 6.45) is 1.07. The highest BCUT2D eigenvalue weighted by Crippen LogP contribution is 2.62. The summed E-state index contributed by atoms with van der Waals surface area (Å²) >= 11 is 0. The van der Waals surface area contributed by atoms with Crippen molar-refractivity contribution in [2.24, 2.45) is 5.41 Å². The molecule has 1 aromatic carbocycles. The van der Waals surface area contributed by atoms with Crippen LogP contribution in [0.15, 0.2) is 24.3 Å². The predicted molar refractivity (Wildman–Crippen MR) is 64.4 cm³/mol. The summed E-state index contributed by atoms with van der Waals surface area (Å²) in [6.45, 7) is -0.884. The zero-order valence-electron chi connectivity index (χ0n) is 9.88. The van der Waals surface area contributed by atoms with Gasteiger partial charge in [0, 0.05) is 17.6 Å². The number of halogens is 1. The van der Waals surface area contributed by atoms with Crippen molar-refractivity contribution >= 4 is 9.84 Å². The van der Waals surface area contributed by atoms with Crippen LogP contribution in [0.25, 0.3) is 0 Å². The molecule has 0 bridgehead atoms. The fourth-order valence-electron chi connectivity index (χ4n) is 2.76. The first-order chi connectivity index (χ1) is 8.36. The Labute approximate surface area is 105 Å². The molecule has 0 aromatic heterocycles. The monoisotopic (exact) mass is 274 g/mol. The topological polar surface area (TPSA) is 74.6 Å². The Morgan fingerprint density at radius 3 is 2.33 bits per heavy atom. The van der Waals surface area contributed by atoms with Gasteiger partial charge in [-0.3, -0.25) is 0 Å². The SMILES string of the molecule is CS(=O)(=O)[C@@H]1[C@H](c2cccc(F)c2)C1(CO)CO. The molecule has 2 rings (SSSR count). The molecule has 2 atom stereocenters. The molecule has 6 heteroatoms. The third-order valence-corrected chi connectivity index (χ3v) is 5.30. The van der Waals surface area contributed by atoms with Crippen LogP contribution < -0.4 is 0 Å². The van der Waals surface area contributed by atoms with Gasteiger partial charge in [0.2, 0.25) is 0 Å². The first kappa shape index (κ1) is 13.5. The highest BCUT2D eigenvalue weighted by atomic mass is 32.2. The summed E-state index contributed by atoms with van der Waals surface area (Å²) < 4.78 is 36.5. The van der Waals surface area contributed by atoms with Crippen molar-refractivity contribution in [1.29, 1.82) is 0 Å². The zero-order valence-corrected chi connectivity index (χ0v) is 10.7. The van der Waals surface area contributed by atoms with Crippen LogP contribution in [0.2, 0.25) is 0 Å². The Balaban J connectivity index is 2.45. The van der Waals surface area contributed by atoms with Crippen molar-refractivity contribution in [1.82, 2.24) is 0 Å². The highest BCUT2D eigenvalue weighted by Gasteiger charge is 2.69. The van der Waals surface area contributed by atoms with E-state index in [2.05, 4.69) is 0 Å². The highest BCUT2D eigenvalue weighted by molar-refractivity contribution is 7.91. The van der Waals surface area contributed by atoms with E-state index in [1.807, 2.05) is 0 Å². The normalized spacial score (nSPS) is 26.0. The van der Waals surface area contributed by atoms with Gasteiger partial charge >= 0.3 is 0 Å². The van der Waals surface area contributed by atoms with Gasteiger partial charge in [-0.1, -0.05) is 12.1 Å². The number of hydrogen-bond acceptors (Lipinski definition) is 4. The molecule has 1 aliphatic carbocycles. The quantitative estimate of drug-likeness (QED) is 0.828. The average Bonchev–Trinajstić information content (AvgIpc) is 2.98. The van der Waals surface area contributed by atoms with Crippen LogP contribution in [0.3, 0.4) is 0 Å². The number of aliphatic hydroxyl groups is 2. The molecular weight excluding hydrogens is 259 g/mol. The van der Waals surface area contributed by atoms with E-state index in [4.69, 9.17) is 0 Å². The Hall–Kier alpha value is -0.980. The van der Waals surface area contributed by atoms with Crippen LogP contribution in [0.1, 0.15) is 11.5 Å². The van der Waals surface area contributed by atoms with E-state index in [1.54, 1.807) is 6.07 Å². The largest absolute Gasteiger partial charge is 0.396 e. The van der Waals surface area contributed by atoms with Crippen LogP contribution in [-0.4, -0.2) is 43.4 Å². The van der Waals surface area contributed by atoms with Crippen molar-refractivity contribution in [3.05, 3.63) is 35.6 Å². The second-order valence-corrected chi connectivity index (χ2v) is 7.00. The van der Waals surface area contributed by atoms with Gasteiger partial charge < -0.3 is 10.2 Å². The van der Waals surface area contributed by atoms with E-state index in [0.717, 1.165) is 6.26 Å². The van der Waals surface area contributed by atoms with E-state index in [0.29, 0.717) is 5.56 Å². The van der Waals surface area contributed by atoms with Gasteiger partial charge in [0.1, 0.15) is 5.82 Å². The second-order valence-electron chi connectivity index (χ2n) is 4.83. The molecule has 0 unspecified atom stereocenters. The lowest BCUT2D eigenvalue weighted by molar-refractivity contribution is 0.130. The summed E-state index contributed by atoms with van der Waals surface area (Å²) in [5, 5.41) is 17.9.